The summed E-state index contributed by atoms with van der Waals surface area (Å²) in [6.07, 6.45) is 3.77. The molecule has 5 rings (SSSR count). The number of anilines is 1. The Bertz CT molecular complexity index is 1510. The van der Waals surface area contributed by atoms with Gasteiger partial charge in [-0.05, 0) is 12.1 Å². The summed E-state index contributed by atoms with van der Waals surface area (Å²) in [5.74, 6) is -2.46. The number of aromatic nitrogens is 3. The Morgan fingerprint density at radius 1 is 1.43 bits per heavy atom. The Balaban J connectivity index is 1.38. The fourth-order valence-electron chi connectivity index (χ4n) is 4.36. The van der Waals surface area contributed by atoms with Crippen LogP contribution in [-0.2, 0) is 25.8 Å². The number of nitrogen functional groups attached to an aromatic ring is 1. The molecular formula is C22H20ClN7O5S2. The predicted molar refractivity (Wildman–Crippen MR) is 134 cm³/mol. The molecule has 3 aromatic heterocycles. The molecule has 192 valence electrons. The van der Waals surface area contributed by atoms with Crippen LogP contribution in [-0.4, -0.2) is 62.2 Å². The minimum absolute atomic E-state index is 0.0217. The number of thioether (sulfide) groups is 1. The third-order valence-corrected chi connectivity index (χ3v) is 8.49. The highest BCUT2D eigenvalue weighted by molar-refractivity contribution is 8.00. The first-order valence-electron chi connectivity index (χ1n) is 10.9. The summed E-state index contributed by atoms with van der Waals surface area (Å²) in [6, 6.07) is 4.80. The van der Waals surface area contributed by atoms with Gasteiger partial charge in [-0.1, -0.05) is 34.2 Å². The number of oxime groups is 1. The van der Waals surface area contributed by atoms with Crippen LogP contribution in [0.1, 0.15) is 11.4 Å². The van der Waals surface area contributed by atoms with E-state index in [-0.39, 0.29) is 33.1 Å². The Labute approximate surface area is 223 Å². The van der Waals surface area contributed by atoms with Crippen LogP contribution in [0.5, 0.6) is 0 Å². The molecule has 2 atom stereocenters. The molecule has 0 spiro atoms. The number of aliphatic carboxylic acids is 1. The second-order valence-electron chi connectivity index (χ2n) is 8.22. The van der Waals surface area contributed by atoms with E-state index < -0.39 is 29.2 Å². The van der Waals surface area contributed by atoms with Gasteiger partial charge in [0.05, 0.1) is 17.9 Å². The molecule has 0 saturated carbocycles. The number of rotatable bonds is 7. The lowest BCUT2D eigenvalue weighted by Crippen LogP contribution is -2.71. The number of halogens is 1. The predicted octanol–water partition coefficient (Wildman–Crippen LogP) is -0.318. The zero-order valence-corrected chi connectivity index (χ0v) is 21.9. The number of hydrogen-bond donors (Lipinski definition) is 2. The summed E-state index contributed by atoms with van der Waals surface area (Å²) < 4.78 is 4.00. The Hall–Kier alpha value is -3.62. The van der Waals surface area contributed by atoms with Crippen molar-refractivity contribution in [3.63, 3.8) is 0 Å². The van der Waals surface area contributed by atoms with E-state index in [0.29, 0.717) is 11.3 Å². The SMILES string of the molecule is CO/N=C(\C(=O)N[C@@H]1C(=O)N2C(C(=O)[O-])=C(Cn3c[n+]4ccccc4c3C)CS[C@H]12)c1nc(N)sc1Cl. The van der Waals surface area contributed by atoms with E-state index in [9.17, 15) is 19.5 Å². The topological polar surface area (TPSA) is 159 Å². The minimum atomic E-state index is -1.45. The molecule has 0 aliphatic carbocycles. The number of amides is 2. The number of hydrogen-bond acceptors (Lipinski definition) is 10. The highest BCUT2D eigenvalue weighted by Gasteiger charge is 2.53. The number of carboxylic acid groups (broad SMARTS) is 1. The van der Waals surface area contributed by atoms with Crippen molar-refractivity contribution >= 4 is 68.8 Å². The molecule has 1 fully saturated rings. The van der Waals surface area contributed by atoms with Crippen LogP contribution >= 0.6 is 34.7 Å². The first-order chi connectivity index (χ1) is 17.7. The molecule has 3 aromatic rings. The van der Waals surface area contributed by atoms with Crippen molar-refractivity contribution in [3.8, 4) is 0 Å². The smallest absolute Gasteiger partial charge is 0.276 e. The first kappa shape index (κ1) is 25.0. The average molecular weight is 562 g/mol. The van der Waals surface area contributed by atoms with Gasteiger partial charge in [-0.25, -0.2) is 14.0 Å². The van der Waals surface area contributed by atoms with E-state index in [1.165, 1.54) is 18.9 Å². The summed E-state index contributed by atoms with van der Waals surface area (Å²) >= 11 is 8.42. The third kappa shape index (κ3) is 4.30. The number of carboxylic acids is 1. The number of aryl methyl sites for hydroxylation is 1. The number of carbonyl (C=O) groups is 3. The van der Waals surface area contributed by atoms with Gasteiger partial charge in [0, 0.05) is 18.2 Å². The molecule has 2 amide bonds. The van der Waals surface area contributed by atoms with Crippen molar-refractivity contribution in [1.82, 2.24) is 19.8 Å². The van der Waals surface area contributed by atoms with Crippen molar-refractivity contribution in [2.45, 2.75) is 24.9 Å². The number of nitrogens with two attached hydrogens (primary N) is 1. The van der Waals surface area contributed by atoms with Crippen molar-refractivity contribution < 1.29 is 28.7 Å². The van der Waals surface area contributed by atoms with Crippen LogP contribution in [0.2, 0.25) is 4.34 Å². The van der Waals surface area contributed by atoms with E-state index in [4.69, 9.17) is 22.2 Å². The van der Waals surface area contributed by atoms with Crippen molar-refractivity contribution in [2.24, 2.45) is 5.16 Å². The maximum absolute atomic E-state index is 13.1. The molecule has 1 saturated heterocycles. The maximum Gasteiger partial charge on any atom is 0.276 e. The molecule has 2 aliphatic rings. The molecule has 0 bridgehead atoms. The highest BCUT2D eigenvalue weighted by atomic mass is 35.5. The molecule has 0 unspecified atom stereocenters. The number of nitrogens with zero attached hydrogens (tertiary/aromatic N) is 5. The van der Waals surface area contributed by atoms with E-state index in [1.54, 1.807) is 0 Å². The fraction of sp³-hybridized carbons (Fsp3) is 0.273. The number of pyridine rings is 1. The van der Waals surface area contributed by atoms with E-state index in [2.05, 4.69) is 15.5 Å². The first-order valence-corrected chi connectivity index (χ1v) is 13.1. The van der Waals surface area contributed by atoms with Crippen LogP contribution in [0.4, 0.5) is 5.13 Å². The number of nitrogens with one attached hydrogen (secondary N) is 1. The second-order valence-corrected chi connectivity index (χ2v) is 11.0. The van der Waals surface area contributed by atoms with Crippen LogP contribution in [0, 0.1) is 6.92 Å². The van der Waals surface area contributed by atoms with Gasteiger partial charge in [0.2, 0.25) is 6.33 Å². The minimum Gasteiger partial charge on any atom is -0.543 e. The van der Waals surface area contributed by atoms with Gasteiger partial charge in [-0.2, -0.15) is 0 Å². The summed E-state index contributed by atoms with van der Waals surface area (Å²) in [4.78, 5) is 48.1. The molecule has 15 heteroatoms. The maximum atomic E-state index is 13.1. The van der Waals surface area contributed by atoms with Gasteiger partial charge in [-0.3, -0.25) is 14.5 Å². The molecule has 5 heterocycles. The number of carbonyl (C=O) groups excluding carboxylic acids is 3. The number of β-lactam (4-membered cyclic amide) rings is 1. The Morgan fingerprint density at radius 2 is 2.22 bits per heavy atom. The number of thiazole rings is 1. The van der Waals surface area contributed by atoms with Crippen LogP contribution in [0.25, 0.3) is 5.52 Å². The summed E-state index contributed by atoms with van der Waals surface area (Å²) in [5.41, 5.74) is 7.73. The van der Waals surface area contributed by atoms with Gasteiger partial charge in [0.25, 0.3) is 11.8 Å². The van der Waals surface area contributed by atoms with E-state index in [1.807, 2.05) is 46.6 Å². The van der Waals surface area contributed by atoms with Gasteiger partial charge in [0.15, 0.2) is 16.4 Å². The largest absolute Gasteiger partial charge is 0.543 e. The standard InChI is InChI=1S/C22H20ClN7O5S2/c1-10-12-5-3-4-6-28(12)9-29(10)7-11-8-36-20-15(19(32)30(20)16(11)21(33)34)25-18(31)14(27-35-2)13-17(23)37-22(24)26-13/h3-6,9,15,20H,7-8H2,1-2H3,(H3-,24,25,26,31,33,34)/b27-14-/t15-,20-/m1/s1. The molecular weight excluding hydrogens is 542 g/mol. The second kappa shape index (κ2) is 9.68. The molecule has 3 N–H and O–H groups in total. The van der Waals surface area contributed by atoms with E-state index in [0.717, 1.165) is 27.4 Å². The van der Waals surface area contributed by atoms with Crippen molar-refractivity contribution in [1.29, 1.82) is 0 Å². The lowest BCUT2D eigenvalue weighted by atomic mass is 10.0. The summed E-state index contributed by atoms with van der Waals surface area (Å²) in [6.45, 7) is 2.21. The molecule has 12 nitrogen and oxygen atoms in total. The highest BCUT2D eigenvalue weighted by Crippen LogP contribution is 2.40. The van der Waals surface area contributed by atoms with Gasteiger partial charge in [0.1, 0.15) is 40.8 Å². The lowest BCUT2D eigenvalue weighted by molar-refractivity contribution is -0.512. The Kier molecular flexibility index (Phi) is 6.56. The normalized spacial score (nSPS) is 19.6. The summed E-state index contributed by atoms with van der Waals surface area (Å²) in [7, 11) is 1.25. The molecule has 0 radical (unpaired) electrons. The monoisotopic (exact) mass is 561 g/mol. The quantitative estimate of drug-likeness (QED) is 0.172. The van der Waals surface area contributed by atoms with E-state index >= 15 is 0 Å². The van der Waals surface area contributed by atoms with Crippen LogP contribution in [0.3, 0.4) is 0 Å². The van der Waals surface area contributed by atoms with Gasteiger partial charge >= 0.3 is 0 Å². The van der Waals surface area contributed by atoms with Crippen molar-refractivity contribution in [3.05, 3.63) is 57.7 Å². The van der Waals surface area contributed by atoms with Crippen molar-refractivity contribution in [2.75, 3.05) is 18.6 Å². The lowest BCUT2D eigenvalue weighted by Gasteiger charge is -2.50. The zero-order chi connectivity index (χ0) is 26.4. The average Bonchev–Trinajstić information content (AvgIpc) is 3.37. The Morgan fingerprint density at radius 3 is 2.86 bits per heavy atom. The van der Waals surface area contributed by atoms with Crippen LogP contribution in [0.15, 0.2) is 47.1 Å². The van der Waals surface area contributed by atoms with Crippen LogP contribution < -0.4 is 20.6 Å². The number of fused-ring (bicyclic) bond motifs is 2. The van der Waals surface area contributed by atoms with Gasteiger partial charge < -0.3 is 25.8 Å². The third-order valence-electron chi connectivity index (χ3n) is 6.07. The summed E-state index contributed by atoms with van der Waals surface area (Å²) in [5, 5.41) is 17.9. The zero-order valence-electron chi connectivity index (χ0n) is 19.5. The molecule has 2 aliphatic heterocycles. The number of imidazole rings is 1. The fourth-order valence-corrected chi connectivity index (χ4v) is 6.63. The molecule has 0 aromatic carbocycles. The van der Waals surface area contributed by atoms with Gasteiger partial charge in [-0.15, -0.1) is 11.8 Å². The molecule has 37 heavy (non-hydrogen) atoms.